The Labute approximate surface area is 254 Å². The fraction of sp³-hybridized carbons (Fsp3) is 0.375. The summed E-state index contributed by atoms with van der Waals surface area (Å²) in [6, 6.07) is 15.7. The number of amides is 3. The van der Waals surface area contributed by atoms with Crippen molar-refractivity contribution >= 4 is 23.3 Å². The molecule has 3 aromatic carbocycles. The summed E-state index contributed by atoms with van der Waals surface area (Å²) in [5, 5.41) is 15.5. The second kappa shape index (κ2) is 14.0. The maximum absolute atomic E-state index is 13.7. The molecule has 4 rings (SSSR count). The molecular formula is C32H37F3N4O5. The van der Waals surface area contributed by atoms with Gasteiger partial charge in [-0.1, -0.05) is 25.1 Å². The number of likely N-dealkylation sites (N-methyl/N-ethyl adjacent to an activating group) is 1. The van der Waals surface area contributed by atoms with Gasteiger partial charge in [-0.15, -0.1) is 0 Å². The standard InChI is InChI=1S/C32H37F3N4O5/c1-20-16-39(21(2)19-40)30(41)26-6-5-7-27(37-31(42)36-24-12-14-25(43-4)15-13-24)29(26)44-28(20)18-38(3)17-22-8-10-23(11-9-22)32(33,34)35/h5-15,20-21,28,40H,16-19H2,1-4H3,(H2,36,37,42)/t20-,21-,28+/m0/s1. The van der Waals surface area contributed by atoms with Crippen LogP contribution in [0.3, 0.4) is 0 Å². The maximum atomic E-state index is 13.7. The van der Waals surface area contributed by atoms with E-state index in [2.05, 4.69) is 10.6 Å². The van der Waals surface area contributed by atoms with Gasteiger partial charge in [-0.05, 0) is 68.1 Å². The van der Waals surface area contributed by atoms with Crippen molar-refractivity contribution in [1.82, 2.24) is 9.80 Å². The van der Waals surface area contributed by atoms with E-state index in [4.69, 9.17) is 9.47 Å². The number of alkyl halides is 3. The first kappa shape index (κ1) is 32.6. The zero-order chi connectivity index (χ0) is 32.0. The zero-order valence-electron chi connectivity index (χ0n) is 25.0. The van der Waals surface area contributed by atoms with Crippen LogP contribution < -0.4 is 20.1 Å². The van der Waals surface area contributed by atoms with E-state index < -0.39 is 29.9 Å². The van der Waals surface area contributed by atoms with Crippen LogP contribution in [0, 0.1) is 5.92 Å². The molecule has 0 saturated carbocycles. The number of ether oxygens (including phenoxy) is 2. The lowest BCUT2D eigenvalue weighted by atomic mass is 9.98. The number of carbonyl (C=O) groups excluding carboxylic acids is 2. The van der Waals surface area contributed by atoms with Gasteiger partial charge in [0, 0.05) is 31.2 Å². The molecule has 0 radical (unpaired) electrons. The van der Waals surface area contributed by atoms with Crippen LogP contribution in [0.2, 0.25) is 0 Å². The number of carbonyl (C=O) groups is 2. The molecule has 9 nitrogen and oxygen atoms in total. The minimum absolute atomic E-state index is 0.192. The third-order valence-electron chi connectivity index (χ3n) is 7.51. The molecule has 1 aliphatic heterocycles. The van der Waals surface area contributed by atoms with Crippen LogP contribution in [-0.4, -0.2) is 72.8 Å². The van der Waals surface area contributed by atoms with Gasteiger partial charge in [0.25, 0.3) is 5.91 Å². The van der Waals surface area contributed by atoms with Crippen LogP contribution in [0.15, 0.2) is 66.7 Å². The molecule has 0 unspecified atom stereocenters. The zero-order valence-corrected chi connectivity index (χ0v) is 25.0. The SMILES string of the molecule is COc1ccc(NC(=O)Nc2cccc3c2O[C@H](CN(C)Cc2ccc(C(F)(F)F)cc2)[C@@H](C)CN([C@@H](C)CO)C3=O)cc1. The number of urea groups is 1. The van der Waals surface area contributed by atoms with Gasteiger partial charge < -0.3 is 30.1 Å². The van der Waals surface area contributed by atoms with Gasteiger partial charge in [-0.3, -0.25) is 9.69 Å². The van der Waals surface area contributed by atoms with Crippen LogP contribution in [0.25, 0.3) is 0 Å². The van der Waals surface area contributed by atoms with Gasteiger partial charge >= 0.3 is 12.2 Å². The van der Waals surface area contributed by atoms with Crippen molar-refractivity contribution in [3.63, 3.8) is 0 Å². The van der Waals surface area contributed by atoms with E-state index in [1.807, 2.05) is 18.9 Å². The van der Waals surface area contributed by atoms with Crippen molar-refractivity contribution in [2.45, 2.75) is 38.7 Å². The van der Waals surface area contributed by atoms with Gasteiger partial charge in [0.15, 0.2) is 5.75 Å². The molecule has 0 spiro atoms. The quantitative estimate of drug-likeness (QED) is 0.285. The Hall–Kier alpha value is -4.29. The first-order valence-corrected chi connectivity index (χ1v) is 14.2. The van der Waals surface area contributed by atoms with E-state index in [9.17, 15) is 27.9 Å². The van der Waals surface area contributed by atoms with E-state index in [0.29, 0.717) is 36.6 Å². The van der Waals surface area contributed by atoms with Crippen molar-refractivity contribution < 1.29 is 37.3 Å². The summed E-state index contributed by atoms with van der Waals surface area (Å²) in [5.41, 5.74) is 1.02. The Morgan fingerprint density at radius 2 is 1.80 bits per heavy atom. The molecule has 1 aliphatic rings. The number of aliphatic hydroxyl groups excluding tert-OH is 1. The molecule has 3 N–H and O–H groups in total. The highest BCUT2D eigenvalue weighted by Gasteiger charge is 2.35. The smallest absolute Gasteiger partial charge is 0.416 e. The predicted octanol–water partition coefficient (Wildman–Crippen LogP) is 5.71. The largest absolute Gasteiger partial charge is 0.497 e. The molecule has 0 aliphatic carbocycles. The van der Waals surface area contributed by atoms with Crippen molar-refractivity contribution in [2.75, 3.05) is 44.5 Å². The summed E-state index contributed by atoms with van der Waals surface area (Å²) in [5.74, 6) is 0.274. The van der Waals surface area contributed by atoms with Gasteiger partial charge in [-0.2, -0.15) is 13.2 Å². The number of aliphatic hydroxyl groups is 1. The third kappa shape index (κ3) is 8.00. The lowest BCUT2D eigenvalue weighted by Gasteiger charge is -2.38. The van der Waals surface area contributed by atoms with E-state index in [1.165, 1.54) is 12.1 Å². The fourth-order valence-corrected chi connectivity index (χ4v) is 5.00. The topological polar surface area (TPSA) is 103 Å². The molecule has 3 aromatic rings. The molecule has 0 bridgehead atoms. The van der Waals surface area contributed by atoms with Gasteiger partial charge in [0.05, 0.1) is 36.6 Å². The van der Waals surface area contributed by atoms with Gasteiger partial charge in [0.1, 0.15) is 11.9 Å². The average Bonchev–Trinajstić information content (AvgIpc) is 2.99. The van der Waals surface area contributed by atoms with Crippen molar-refractivity contribution in [1.29, 1.82) is 0 Å². The highest BCUT2D eigenvalue weighted by Crippen LogP contribution is 2.35. The lowest BCUT2D eigenvalue weighted by Crippen LogP contribution is -2.49. The van der Waals surface area contributed by atoms with Crippen LogP contribution in [0.5, 0.6) is 11.5 Å². The second-order valence-corrected chi connectivity index (χ2v) is 11.0. The van der Waals surface area contributed by atoms with Crippen LogP contribution in [-0.2, 0) is 12.7 Å². The molecule has 0 aromatic heterocycles. The number of methoxy groups -OCH3 is 1. The van der Waals surface area contributed by atoms with Gasteiger partial charge in [0.2, 0.25) is 0 Å². The molecule has 1 heterocycles. The average molecular weight is 615 g/mol. The monoisotopic (exact) mass is 614 g/mol. The van der Waals surface area contributed by atoms with E-state index >= 15 is 0 Å². The first-order valence-electron chi connectivity index (χ1n) is 14.2. The van der Waals surface area contributed by atoms with Crippen LogP contribution in [0.4, 0.5) is 29.3 Å². The first-order chi connectivity index (χ1) is 20.9. The summed E-state index contributed by atoms with van der Waals surface area (Å²) in [6.07, 6.45) is -4.89. The summed E-state index contributed by atoms with van der Waals surface area (Å²) < 4.78 is 50.7. The minimum Gasteiger partial charge on any atom is -0.497 e. The minimum atomic E-state index is -4.41. The number of benzene rings is 3. The van der Waals surface area contributed by atoms with Crippen LogP contribution >= 0.6 is 0 Å². The Balaban J connectivity index is 1.59. The number of nitrogens with zero attached hydrogens (tertiary/aromatic N) is 2. The van der Waals surface area contributed by atoms with Gasteiger partial charge in [-0.25, -0.2) is 4.79 Å². The van der Waals surface area contributed by atoms with E-state index in [1.54, 1.807) is 61.4 Å². The number of fused-ring (bicyclic) bond motifs is 1. The van der Waals surface area contributed by atoms with E-state index in [-0.39, 0.29) is 35.4 Å². The number of rotatable bonds is 9. The molecule has 3 amide bonds. The van der Waals surface area contributed by atoms with Crippen molar-refractivity contribution in [3.8, 4) is 11.5 Å². The molecule has 3 atom stereocenters. The highest BCUT2D eigenvalue weighted by molar-refractivity contribution is 6.04. The molecule has 0 fully saturated rings. The lowest BCUT2D eigenvalue weighted by molar-refractivity contribution is -0.137. The Morgan fingerprint density at radius 1 is 1.11 bits per heavy atom. The molecule has 0 saturated heterocycles. The predicted molar refractivity (Wildman–Crippen MR) is 161 cm³/mol. The Bertz CT molecular complexity index is 1430. The maximum Gasteiger partial charge on any atom is 0.416 e. The fourth-order valence-electron chi connectivity index (χ4n) is 5.00. The second-order valence-electron chi connectivity index (χ2n) is 11.0. The molecule has 236 valence electrons. The molecule has 12 heteroatoms. The van der Waals surface area contributed by atoms with E-state index in [0.717, 1.165) is 12.1 Å². The number of nitrogens with one attached hydrogen (secondary N) is 2. The molecular weight excluding hydrogens is 577 g/mol. The Morgan fingerprint density at radius 3 is 2.41 bits per heavy atom. The summed E-state index contributed by atoms with van der Waals surface area (Å²) >= 11 is 0. The van der Waals surface area contributed by atoms with Crippen molar-refractivity contribution in [3.05, 3.63) is 83.4 Å². The number of hydrogen-bond acceptors (Lipinski definition) is 6. The Kier molecular flexibility index (Phi) is 10.4. The summed E-state index contributed by atoms with van der Waals surface area (Å²) in [7, 11) is 3.38. The van der Waals surface area contributed by atoms with Crippen molar-refractivity contribution in [2.24, 2.45) is 5.92 Å². The number of para-hydroxylation sites is 1. The normalized spacial score (nSPS) is 17.7. The number of hydrogen-bond donors (Lipinski definition) is 3. The number of anilines is 2. The molecule has 44 heavy (non-hydrogen) atoms. The highest BCUT2D eigenvalue weighted by atomic mass is 19.4. The summed E-state index contributed by atoms with van der Waals surface area (Å²) in [6.45, 7) is 4.46. The third-order valence-corrected chi connectivity index (χ3v) is 7.51. The summed E-state index contributed by atoms with van der Waals surface area (Å²) in [4.78, 5) is 30.2. The van der Waals surface area contributed by atoms with Crippen LogP contribution in [0.1, 0.15) is 35.3 Å². The number of halogens is 3.